The average Bonchev–Trinajstić information content (AvgIpc) is 2.74. The molecule has 0 aliphatic carbocycles. The maximum Gasteiger partial charge on any atom is 0.0496 e. The summed E-state index contributed by atoms with van der Waals surface area (Å²) in [4.78, 5) is 0. The van der Waals surface area contributed by atoms with Crippen LogP contribution in [-0.2, 0) is 6.42 Å². The molecule has 2 heteroatoms. The third kappa shape index (κ3) is 2.07. The predicted molar refractivity (Wildman–Crippen MR) is 64.8 cm³/mol. The molecular weight excluding hydrogens is 206 g/mol. The first-order valence-electron chi connectivity index (χ1n) is 5.23. The maximum atomic E-state index is 6.21. The normalized spacial score (nSPS) is 10.5. The zero-order valence-electron chi connectivity index (χ0n) is 8.78. The Balaban J connectivity index is 2.51. The second-order valence-electron chi connectivity index (χ2n) is 3.58. The van der Waals surface area contributed by atoms with E-state index in [0.717, 1.165) is 17.9 Å². The number of halogens is 1. The highest BCUT2D eigenvalue weighted by Crippen LogP contribution is 2.24. The summed E-state index contributed by atoms with van der Waals surface area (Å²) in [6, 6.07) is 10.1. The molecular formula is C13H14ClN. The minimum Gasteiger partial charge on any atom is -0.324 e. The Morgan fingerprint density at radius 2 is 1.87 bits per heavy atom. The van der Waals surface area contributed by atoms with E-state index >= 15 is 0 Å². The molecule has 1 nitrogen and oxygen atoms in total. The summed E-state index contributed by atoms with van der Waals surface area (Å²) in [6.45, 7) is 2.17. The Morgan fingerprint density at radius 3 is 2.53 bits per heavy atom. The van der Waals surface area contributed by atoms with Crippen LogP contribution in [0.1, 0.15) is 18.9 Å². The summed E-state index contributed by atoms with van der Waals surface area (Å²) in [5.74, 6) is 0. The largest absolute Gasteiger partial charge is 0.324 e. The molecule has 0 N–H and O–H groups in total. The highest BCUT2D eigenvalue weighted by atomic mass is 35.5. The van der Waals surface area contributed by atoms with Crippen molar-refractivity contribution in [1.29, 1.82) is 0 Å². The van der Waals surface area contributed by atoms with Crippen molar-refractivity contribution >= 4 is 11.6 Å². The molecule has 0 aliphatic rings. The molecule has 0 unspecified atom stereocenters. The molecule has 78 valence electrons. The van der Waals surface area contributed by atoms with Gasteiger partial charge < -0.3 is 4.57 Å². The summed E-state index contributed by atoms with van der Waals surface area (Å²) in [5.41, 5.74) is 2.42. The number of nitrogens with zero attached hydrogens (tertiary/aromatic N) is 1. The predicted octanol–water partition coefficient (Wildman–Crippen LogP) is 4.08. The van der Waals surface area contributed by atoms with E-state index in [1.54, 1.807) is 0 Å². The Hall–Kier alpha value is -1.21. The van der Waals surface area contributed by atoms with E-state index in [2.05, 4.69) is 17.6 Å². The van der Waals surface area contributed by atoms with Gasteiger partial charge in [0.05, 0.1) is 0 Å². The monoisotopic (exact) mass is 219 g/mol. The molecule has 0 aliphatic heterocycles. The van der Waals surface area contributed by atoms with E-state index in [1.807, 2.05) is 36.7 Å². The Kier molecular flexibility index (Phi) is 3.12. The van der Waals surface area contributed by atoms with Crippen LogP contribution in [-0.4, -0.2) is 4.57 Å². The van der Waals surface area contributed by atoms with Crippen LogP contribution in [0.4, 0.5) is 0 Å². The third-order valence-corrected chi connectivity index (χ3v) is 2.83. The van der Waals surface area contributed by atoms with Crippen LogP contribution in [0.5, 0.6) is 0 Å². The van der Waals surface area contributed by atoms with Crippen molar-refractivity contribution in [3.05, 3.63) is 53.3 Å². The molecule has 0 bridgehead atoms. The van der Waals surface area contributed by atoms with Crippen LogP contribution in [0.25, 0.3) is 5.69 Å². The van der Waals surface area contributed by atoms with Crippen molar-refractivity contribution in [3.63, 3.8) is 0 Å². The van der Waals surface area contributed by atoms with E-state index in [4.69, 9.17) is 11.6 Å². The van der Waals surface area contributed by atoms with Crippen LogP contribution in [0.15, 0.2) is 42.7 Å². The number of aromatic nitrogens is 1. The number of hydrogen-bond acceptors (Lipinski definition) is 0. The van der Waals surface area contributed by atoms with Crippen LogP contribution in [0.2, 0.25) is 5.02 Å². The van der Waals surface area contributed by atoms with Gasteiger partial charge >= 0.3 is 0 Å². The van der Waals surface area contributed by atoms with Crippen LogP contribution in [0, 0.1) is 0 Å². The van der Waals surface area contributed by atoms with Crippen molar-refractivity contribution in [2.24, 2.45) is 0 Å². The summed E-state index contributed by atoms with van der Waals surface area (Å²) in [6.07, 6.45) is 6.22. The molecule has 0 radical (unpaired) electrons. The lowest BCUT2D eigenvalue weighted by Gasteiger charge is -2.11. The molecule has 0 saturated heterocycles. The molecule has 0 atom stereocenters. The van der Waals surface area contributed by atoms with Crippen molar-refractivity contribution in [1.82, 2.24) is 4.57 Å². The molecule has 0 spiro atoms. The second kappa shape index (κ2) is 4.54. The molecule has 1 aromatic heterocycles. The molecule has 0 fully saturated rings. The van der Waals surface area contributed by atoms with E-state index < -0.39 is 0 Å². The SMILES string of the molecule is CCCc1c(Cl)cccc1-n1cccc1. The topological polar surface area (TPSA) is 4.93 Å². The standard InChI is InChI=1S/C13H14ClN/c1-2-6-11-12(14)7-5-8-13(11)15-9-3-4-10-15/h3-5,7-10H,2,6H2,1H3. The molecule has 15 heavy (non-hydrogen) atoms. The van der Waals surface area contributed by atoms with Crippen molar-refractivity contribution in [3.8, 4) is 5.69 Å². The third-order valence-electron chi connectivity index (χ3n) is 2.48. The van der Waals surface area contributed by atoms with Gasteiger partial charge in [-0.1, -0.05) is 31.0 Å². The van der Waals surface area contributed by atoms with Gasteiger partial charge in [-0.2, -0.15) is 0 Å². The minimum atomic E-state index is 0.864. The lowest BCUT2D eigenvalue weighted by molar-refractivity contribution is 0.900. The fourth-order valence-corrected chi connectivity index (χ4v) is 2.05. The van der Waals surface area contributed by atoms with Gasteiger partial charge in [-0.05, 0) is 36.2 Å². The zero-order valence-corrected chi connectivity index (χ0v) is 9.54. The number of benzene rings is 1. The Morgan fingerprint density at radius 1 is 1.13 bits per heavy atom. The van der Waals surface area contributed by atoms with E-state index in [0.29, 0.717) is 0 Å². The van der Waals surface area contributed by atoms with Gasteiger partial charge in [0.2, 0.25) is 0 Å². The molecule has 0 saturated carbocycles. The zero-order chi connectivity index (χ0) is 10.7. The van der Waals surface area contributed by atoms with Gasteiger partial charge in [-0.3, -0.25) is 0 Å². The van der Waals surface area contributed by atoms with Crippen molar-refractivity contribution in [2.75, 3.05) is 0 Å². The summed E-state index contributed by atoms with van der Waals surface area (Å²) in [5, 5.41) is 0.864. The quantitative estimate of drug-likeness (QED) is 0.733. The fourth-order valence-electron chi connectivity index (χ4n) is 1.78. The summed E-state index contributed by atoms with van der Waals surface area (Å²) in [7, 11) is 0. The Labute approximate surface area is 95.3 Å². The molecule has 0 amide bonds. The minimum absolute atomic E-state index is 0.864. The van der Waals surface area contributed by atoms with Crippen LogP contribution >= 0.6 is 11.6 Å². The summed E-state index contributed by atoms with van der Waals surface area (Å²) >= 11 is 6.21. The van der Waals surface area contributed by atoms with Gasteiger partial charge in [0.15, 0.2) is 0 Å². The average molecular weight is 220 g/mol. The van der Waals surface area contributed by atoms with Crippen molar-refractivity contribution < 1.29 is 0 Å². The first-order valence-corrected chi connectivity index (χ1v) is 5.61. The summed E-state index contributed by atoms with van der Waals surface area (Å²) < 4.78 is 2.11. The van der Waals surface area contributed by atoms with Gasteiger partial charge in [0.1, 0.15) is 0 Å². The molecule has 2 aromatic rings. The smallest absolute Gasteiger partial charge is 0.0496 e. The van der Waals surface area contributed by atoms with Crippen molar-refractivity contribution in [2.45, 2.75) is 19.8 Å². The highest BCUT2D eigenvalue weighted by Gasteiger charge is 2.06. The van der Waals surface area contributed by atoms with Gasteiger partial charge in [0, 0.05) is 23.1 Å². The van der Waals surface area contributed by atoms with Gasteiger partial charge in [-0.15, -0.1) is 0 Å². The van der Waals surface area contributed by atoms with E-state index in [-0.39, 0.29) is 0 Å². The highest BCUT2D eigenvalue weighted by molar-refractivity contribution is 6.31. The van der Waals surface area contributed by atoms with E-state index in [9.17, 15) is 0 Å². The van der Waals surface area contributed by atoms with Gasteiger partial charge in [0.25, 0.3) is 0 Å². The number of hydrogen-bond donors (Lipinski definition) is 0. The number of rotatable bonds is 3. The Bertz CT molecular complexity index is 432. The fraction of sp³-hybridized carbons (Fsp3) is 0.231. The molecule has 1 aromatic carbocycles. The second-order valence-corrected chi connectivity index (χ2v) is 3.99. The van der Waals surface area contributed by atoms with Crippen LogP contribution in [0.3, 0.4) is 0 Å². The molecule has 1 heterocycles. The van der Waals surface area contributed by atoms with Gasteiger partial charge in [-0.25, -0.2) is 0 Å². The van der Waals surface area contributed by atoms with E-state index in [1.165, 1.54) is 11.3 Å². The maximum absolute atomic E-state index is 6.21. The van der Waals surface area contributed by atoms with Crippen LogP contribution < -0.4 is 0 Å². The first kappa shape index (κ1) is 10.3. The lowest BCUT2D eigenvalue weighted by atomic mass is 10.1. The first-order chi connectivity index (χ1) is 7.33. The lowest BCUT2D eigenvalue weighted by Crippen LogP contribution is -1.97. The molecule has 2 rings (SSSR count).